The molecule has 3 nitrogen and oxygen atoms in total. The number of rotatable bonds is 4. The first-order valence-corrected chi connectivity index (χ1v) is 8.98. The third kappa shape index (κ3) is 4.31. The summed E-state index contributed by atoms with van der Waals surface area (Å²) in [4.78, 5) is 17.4. The molecule has 0 amide bonds. The van der Waals surface area contributed by atoms with Crippen molar-refractivity contribution in [3.05, 3.63) is 44.3 Å². The van der Waals surface area contributed by atoms with Crippen LogP contribution in [0.1, 0.15) is 41.1 Å². The second-order valence-corrected chi connectivity index (χ2v) is 8.63. The maximum atomic E-state index is 11.4. The summed E-state index contributed by atoms with van der Waals surface area (Å²) in [6.45, 7) is 5.96. The molecule has 1 heterocycles. The second-order valence-electron chi connectivity index (χ2n) is 5.58. The first-order chi connectivity index (χ1) is 9.77. The summed E-state index contributed by atoms with van der Waals surface area (Å²) < 4.78 is 1.05. The number of nitrogens with zero attached hydrogens (tertiary/aromatic N) is 1. The van der Waals surface area contributed by atoms with Crippen molar-refractivity contribution in [2.24, 2.45) is 0 Å². The van der Waals surface area contributed by atoms with Crippen LogP contribution < -0.4 is 0 Å². The zero-order valence-electron chi connectivity index (χ0n) is 12.0. The Morgan fingerprint density at radius 3 is 2.43 bits per heavy atom. The third-order valence-corrected chi connectivity index (χ3v) is 5.53. The van der Waals surface area contributed by atoms with E-state index in [1.54, 1.807) is 11.8 Å². The smallest absolute Gasteiger partial charge is 0.347 e. The molecule has 21 heavy (non-hydrogen) atoms. The van der Waals surface area contributed by atoms with E-state index >= 15 is 0 Å². The Kier molecular flexibility index (Phi) is 5.11. The fraction of sp³-hybridized carbons (Fsp3) is 0.333. The summed E-state index contributed by atoms with van der Waals surface area (Å²) >= 11 is 6.34. The van der Waals surface area contributed by atoms with Gasteiger partial charge in [0, 0.05) is 14.8 Å². The van der Waals surface area contributed by atoms with E-state index in [4.69, 9.17) is 0 Å². The minimum Gasteiger partial charge on any atom is -0.477 e. The van der Waals surface area contributed by atoms with Crippen molar-refractivity contribution in [3.8, 4) is 0 Å². The highest BCUT2D eigenvalue weighted by atomic mass is 79.9. The quantitative estimate of drug-likeness (QED) is 0.735. The van der Waals surface area contributed by atoms with E-state index in [-0.39, 0.29) is 5.41 Å². The average molecular weight is 386 g/mol. The zero-order valence-corrected chi connectivity index (χ0v) is 15.2. The molecule has 0 aliphatic rings. The van der Waals surface area contributed by atoms with E-state index in [1.165, 1.54) is 11.3 Å². The molecule has 0 spiro atoms. The van der Waals surface area contributed by atoms with E-state index in [0.29, 0.717) is 16.3 Å². The number of hydrogen-bond acceptors (Lipinski definition) is 4. The SMILES string of the molecule is CC(C)(C)c1nc(CSc2ccc(Br)cc2)sc1C(=O)O. The zero-order chi connectivity index (χ0) is 15.6. The van der Waals surface area contributed by atoms with Crippen LogP contribution in [0.4, 0.5) is 0 Å². The number of carbonyl (C=O) groups is 1. The summed E-state index contributed by atoms with van der Waals surface area (Å²) in [6, 6.07) is 8.05. The van der Waals surface area contributed by atoms with Crippen molar-refractivity contribution >= 4 is 45.0 Å². The molecule has 2 aromatic rings. The Balaban J connectivity index is 2.17. The molecular weight excluding hydrogens is 370 g/mol. The van der Waals surface area contributed by atoms with Gasteiger partial charge >= 0.3 is 5.97 Å². The molecule has 0 atom stereocenters. The van der Waals surface area contributed by atoms with E-state index < -0.39 is 5.97 Å². The van der Waals surface area contributed by atoms with Crippen LogP contribution in [-0.4, -0.2) is 16.1 Å². The number of benzene rings is 1. The second kappa shape index (κ2) is 6.50. The number of aromatic nitrogens is 1. The van der Waals surface area contributed by atoms with Crippen LogP contribution in [0.5, 0.6) is 0 Å². The summed E-state index contributed by atoms with van der Waals surface area (Å²) in [5.74, 6) is -0.208. The highest BCUT2D eigenvalue weighted by Crippen LogP contribution is 2.33. The Bertz CT molecular complexity index is 645. The molecule has 1 N–H and O–H groups in total. The molecule has 2 rings (SSSR count). The molecule has 0 unspecified atom stereocenters. The molecular formula is C15H16BrNO2S2. The van der Waals surface area contributed by atoms with Crippen molar-refractivity contribution in [1.29, 1.82) is 0 Å². The van der Waals surface area contributed by atoms with Crippen LogP contribution in [0.25, 0.3) is 0 Å². The van der Waals surface area contributed by atoms with Crippen LogP contribution in [0.3, 0.4) is 0 Å². The fourth-order valence-electron chi connectivity index (χ4n) is 1.76. The normalized spacial score (nSPS) is 11.6. The summed E-state index contributed by atoms with van der Waals surface area (Å²) in [7, 11) is 0. The van der Waals surface area contributed by atoms with Gasteiger partial charge in [0.2, 0.25) is 0 Å². The molecule has 0 bridgehead atoms. The van der Waals surface area contributed by atoms with Crippen molar-refractivity contribution in [3.63, 3.8) is 0 Å². The largest absolute Gasteiger partial charge is 0.477 e. The number of thioether (sulfide) groups is 1. The maximum Gasteiger partial charge on any atom is 0.347 e. The first-order valence-electron chi connectivity index (χ1n) is 6.39. The summed E-state index contributed by atoms with van der Waals surface area (Å²) in [5.41, 5.74) is 0.413. The Labute approximate surface area is 140 Å². The van der Waals surface area contributed by atoms with Crippen LogP contribution in [0, 0.1) is 0 Å². The summed E-state index contributed by atoms with van der Waals surface area (Å²) in [5, 5.41) is 10.2. The minimum absolute atomic E-state index is 0.259. The highest BCUT2D eigenvalue weighted by molar-refractivity contribution is 9.10. The van der Waals surface area contributed by atoms with Gasteiger partial charge in [0.05, 0.1) is 11.4 Å². The van der Waals surface area contributed by atoms with Gasteiger partial charge in [-0.25, -0.2) is 9.78 Å². The summed E-state index contributed by atoms with van der Waals surface area (Å²) in [6.07, 6.45) is 0. The van der Waals surface area contributed by atoms with Crippen molar-refractivity contribution < 1.29 is 9.90 Å². The van der Waals surface area contributed by atoms with Crippen molar-refractivity contribution in [2.75, 3.05) is 0 Å². The standard InChI is InChI=1S/C15H16BrNO2S2/c1-15(2,3)13-12(14(18)19)21-11(17-13)8-20-10-6-4-9(16)5-7-10/h4-7H,8H2,1-3H3,(H,18,19). The van der Waals surface area contributed by atoms with Gasteiger partial charge < -0.3 is 5.11 Å². The fourth-order valence-corrected chi connectivity index (χ4v) is 4.02. The van der Waals surface area contributed by atoms with E-state index in [0.717, 1.165) is 14.4 Å². The number of carboxylic acid groups (broad SMARTS) is 1. The van der Waals surface area contributed by atoms with Crippen molar-refractivity contribution in [2.45, 2.75) is 36.8 Å². The van der Waals surface area contributed by atoms with Crippen LogP contribution >= 0.6 is 39.0 Å². The van der Waals surface area contributed by atoms with Gasteiger partial charge in [-0.05, 0) is 24.3 Å². The molecule has 0 saturated carbocycles. The van der Waals surface area contributed by atoms with E-state index in [1.807, 2.05) is 45.0 Å². The van der Waals surface area contributed by atoms with Crippen LogP contribution in [0.2, 0.25) is 0 Å². The van der Waals surface area contributed by atoms with Gasteiger partial charge in [-0.2, -0.15) is 0 Å². The Hall–Kier alpha value is -0.850. The monoisotopic (exact) mass is 385 g/mol. The molecule has 1 aromatic carbocycles. The number of carboxylic acids is 1. The lowest BCUT2D eigenvalue weighted by Gasteiger charge is -2.16. The minimum atomic E-state index is -0.891. The van der Waals surface area contributed by atoms with Crippen LogP contribution in [-0.2, 0) is 11.2 Å². The lowest BCUT2D eigenvalue weighted by molar-refractivity contribution is 0.0699. The Morgan fingerprint density at radius 1 is 1.33 bits per heavy atom. The Morgan fingerprint density at radius 2 is 1.95 bits per heavy atom. The predicted octanol–water partition coefficient (Wildman–Crippen LogP) is 5.19. The molecule has 0 fully saturated rings. The molecule has 0 radical (unpaired) electrons. The highest BCUT2D eigenvalue weighted by Gasteiger charge is 2.26. The van der Waals surface area contributed by atoms with Gasteiger partial charge in [-0.1, -0.05) is 36.7 Å². The lowest BCUT2D eigenvalue weighted by atomic mass is 9.91. The van der Waals surface area contributed by atoms with Gasteiger partial charge in [0.15, 0.2) is 0 Å². The van der Waals surface area contributed by atoms with Gasteiger partial charge in [-0.3, -0.25) is 0 Å². The molecule has 112 valence electrons. The maximum absolute atomic E-state index is 11.4. The topological polar surface area (TPSA) is 50.2 Å². The van der Waals surface area contributed by atoms with Gasteiger partial charge in [-0.15, -0.1) is 23.1 Å². The van der Waals surface area contributed by atoms with Gasteiger partial charge in [0.25, 0.3) is 0 Å². The van der Waals surface area contributed by atoms with E-state index in [9.17, 15) is 9.90 Å². The molecule has 6 heteroatoms. The van der Waals surface area contributed by atoms with Crippen molar-refractivity contribution in [1.82, 2.24) is 4.98 Å². The molecule has 0 aliphatic carbocycles. The molecule has 0 aliphatic heterocycles. The van der Waals surface area contributed by atoms with Gasteiger partial charge in [0.1, 0.15) is 9.88 Å². The number of aromatic carboxylic acids is 1. The number of halogens is 1. The number of thiazole rings is 1. The third-order valence-electron chi connectivity index (χ3n) is 2.75. The lowest BCUT2D eigenvalue weighted by Crippen LogP contribution is -2.16. The number of hydrogen-bond donors (Lipinski definition) is 1. The first kappa shape index (κ1) is 16.5. The molecule has 1 aromatic heterocycles. The van der Waals surface area contributed by atoms with Crippen LogP contribution in [0.15, 0.2) is 33.6 Å². The predicted molar refractivity (Wildman–Crippen MR) is 91.5 cm³/mol. The van der Waals surface area contributed by atoms with E-state index in [2.05, 4.69) is 20.9 Å². The average Bonchev–Trinajstić information content (AvgIpc) is 2.82. The molecule has 0 saturated heterocycles.